The molecule has 0 saturated heterocycles. The number of benzene rings is 1. The van der Waals surface area contributed by atoms with Crippen LogP contribution in [0.3, 0.4) is 0 Å². The van der Waals surface area contributed by atoms with Crippen molar-refractivity contribution in [2.24, 2.45) is 5.73 Å². The summed E-state index contributed by atoms with van der Waals surface area (Å²) in [6, 6.07) is 6.73. The third-order valence-corrected chi connectivity index (χ3v) is 7.78. The Bertz CT molecular complexity index is 1210. The first-order valence-corrected chi connectivity index (χ1v) is 12.4. The lowest BCUT2D eigenvalue weighted by molar-refractivity contribution is 0.0855. The Morgan fingerprint density at radius 3 is 2.88 bits per heavy atom. The molecule has 2 aliphatic rings. The predicted molar refractivity (Wildman–Crippen MR) is 130 cm³/mol. The molecule has 3 unspecified atom stereocenters. The van der Waals surface area contributed by atoms with Gasteiger partial charge in [-0.15, -0.1) is 11.3 Å². The second-order valence-corrected chi connectivity index (χ2v) is 10.5. The zero-order valence-electron chi connectivity index (χ0n) is 18.4. The van der Waals surface area contributed by atoms with Gasteiger partial charge in [0.1, 0.15) is 5.69 Å². The van der Waals surface area contributed by atoms with Crippen LogP contribution in [0.5, 0.6) is 0 Å². The fraction of sp³-hybridized carbons (Fsp3) is 0.435. The number of amides is 2. The highest BCUT2D eigenvalue weighted by molar-refractivity contribution is 7.13. The number of fused-ring (bicyclic) bond motifs is 2. The van der Waals surface area contributed by atoms with E-state index in [9.17, 15) is 9.59 Å². The van der Waals surface area contributed by atoms with Crippen LogP contribution in [-0.2, 0) is 13.0 Å². The number of aromatic amines is 1. The minimum absolute atomic E-state index is 0.0207. The van der Waals surface area contributed by atoms with E-state index in [2.05, 4.69) is 32.5 Å². The normalized spacial score (nSPS) is 23.3. The largest absolute Gasteiger partial charge is 0.351 e. The van der Waals surface area contributed by atoms with Crippen LogP contribution in [0, 0.1) is 0 Å². The van der Waals surface area contributed by atoms with Crippen molar-refractivity contribution in [3.05, 3.63) is 50.6 Å². The second-order valence-electron chi connectivity index (χ2n) is 9.02. The highest BCUT2D eigenvalue weighted by Crippen LogP contribution is 2.26. The molecule has 1 aliphatic heterocycles. The first-order valence-electron chi connectivity index (χ1n) is 11.2. The summed E-state index contributed by atoms with van der Waals surface area (Å²) in [6.07, 6.45) is 2.96. The fourth-order valence-corrected chi connectivity index (χ4v) is 5.93. The number of hydrogen-bond acceptors (Lipinski definition) is 6. The molecular weight excluding hydrogens is 460 g/mol. The van der Waals surface area contributed by atoms with Crippen LogP contribution in [0.25, 0.3) is 10.9 Å². The van der Waals surface area contributed by atoms with E-state index in [1.54, 1.807) is 12.1 Å². The SMILES string of the molecule is CN1CCc2nc(C(=O)NC3CCC(N)CC3NC(=O)c3cc4cc(Cl)ccc4[nH]3)sc2C1. The van der Waals surface area contributed by atoms with Crippen molar-refractivity contribution in [1.82, 2.24) is 25.5 Å². The zero-order chi connectivity index (χ0) is 23.1. The molecule has 1 saturated carbocycles. The fourth-order valence-electron chi connectivity index (χ4n) is 4.66. The van der Waals surface area contributed by atoms with Gasteiger partial charge < -0.3 is 26.3 Å². The minimum atomic E-state index is -0.263. The number of nitrogens with one attached hydrogen (secondary N) is 3. The van der Waals surface area contributed by atoms with Gasteiger partial charge >= 0.3 is 0 Å². The van der Waals surface area contributed by atoms with E-state index in [4.69, 9.17) is 17.3 Å². The van der Waals surface area contributed by atoms with Crippen LogP contribution >= 0.6 is 22.9 Å². The van der Waals surface area contributed by atoms with Gasteiger partial charge in [0.15, 0.2) is 5.01 Å². The highest BCUT2D eigenvalue weighted by Gasteiger charge is 2.33. The van der Waals surface area contributed by atoms with E-state index >= 15 is 0 Å². The van der Waals surface area contributed by atoms with E-state index in [0.29, 0.717) is 28.6 Å². The summed E-state index contributed by atoms with van der Waals surface area (Å²) in [5.74, 6) is -0.412. The number of H-pyrrole nitrogens is 1. The minimum Gasteiger partial charge on any atom is -0.351 e. The average Bonchev–Trinajstić information content (AvgIpc) is 3.39. The van der Waals surface area contributed by atoms with E-state index in [1.165, 1.54) is 11.3 Å². The van der Waals surface area contributed by atoms with Crippen molar-refractivity contribution in [3.8, 4) is 0 Å². The Morgan fingerprint density at radius 2 is 2.03 bits per heavy atom. The summed E-state index contributed by atoms with van der Waals surface area (Å²) in [5, 5.41) is 8.17. The van der Waals surface area contributed by atoms with Crippen molar-refractivity contribution in [3.63, 3.8) is 0 Å². The van der Waals surface area contributed by atoms with Crippen LogP contribution in [0.4, 0.5) is 0 Å². The molecule has 8 nitrogen and oxygen atoms in total. The van der Waals surface area contributed by atoms with Crippen molar-refractivity contribution < 1.29 is 9.59 Å². The maximum Gasteiger partial charge on any atom is 0.280 e. The van der Waals surface area contributed by atoms with Crippen LogP contribution in [0.2, 0.25) is 5.02 Å². The van der Waals surface area contributed by atoms with Crippen molar-refractivity contribution in [2.45, 2.75) is 50.4 Å². The number of aromatic nitrogens is 2. The average molecular weight is 487 g/mol. The van der Waals surface area contributed by atoms with Gasteiger partial charge in [-0.25, -0.2) is 4.98 Å². The summed E-state index contributed by atoms with van der Waals surface area (Å²) < 4.78 is 0. The van der Waals surface area contributed by atoms with Gasteiger partial charge in [-0.1, -0.05) is 11.6 Å². The summed E-state index contributed by atoms with van der Waals surface area (Å²) in [5.41, 5.74) is 8.52. The highest BCUT2D eigenvalue weighted by atomic mass is 35.5. The first kappa shape index (κ1) is 22.3. The number of rotatable bonds is 4. The Balaban J connectivity index is 1.29. The third kappa shape index (κ3) is 4.77. The van der Waals surface area contributed by atoms with Crippen molar-refractivity contribution in [2.75, 3.05) is 13.6 Å². The molecule has 5 N–H and O–H groups in total. The van der Waals surface area contributed by atoms with Gasteiger partial charge in [0.25, 0.3) is 11.8 Å². The number of thiazole rings is 1. The lowest BCUT2D eigenvalue weighted by atomic mass is 9.87. The lowest BCUT2D eigenvalue weighted by Crippen LogP contribution is -2.56. The first-order chi connectivity index (χ1) is 15.9. The van der Waals surface area contributed by atoms with Crippen LogP contribution in [0.15, 0.2) is 24.3 Å². The van der Waals surface area contributed by atoms with Crippen LogP contribution in [0.1, 0.15) is 50.1 Å². The lowest BCUT2D eigenvalue weighted by Gasteiger charge is -2.35. The second kappa shape index (κ2) is 9.06. The van der Waals surface area contributed by atoms with E-state index < -0.39 is 0 Å². The Hall–Kier alpha value is -2.46. The molecule has 3 heterocycles. The zero-order valence-corrected chi connectivity index (χ0v) is 19.9. The number of nitrogens with zero attached hydrogens (tertiary/aromatic N) is 2. The molecule has 1 fully saturated rings. The molecule has 174 valence electrons. The molecular formula is C23H27ClN6O2S. The van der Waals surface area contributed by atoms with Gasteiger partial charge in [0, 0.05) is 52.4 Å². The Labute approximate surface area is 200 Å². The summed E-state index contributed by atoms with van der Waals surface area (Å²) in [7, 11) is 2.07. The molecule has 2 amide bonds. The molecule has 0 radical (unpaired) electrons. The number of carbonyl (C=O) groups excluding carboxylic acids is 2. The van der Waals surface area contributed by atoms with Gasteiger partial charge in [0.2, 0.25) is 0 Å². The van der Waals surface area contributed by atoms with Gasteiger partial charge in [-0.2, -0.15) is 0 Å². The third-order valence-electron chi connectivity index (χ3n) is 6.47. The maximum absolute atomic E-state index is 13.0. The molecule has 3 aromatic rings. The Kier molecular flexibility index (Phi) is 6.13. The maximum atomic E-state index is 13.0. The number of halogens is 1. The Morgan fingerprint density at radius 1 is 1.21 bits per heavy atom. The predicted octanol–water partition coefficient (Wildman–Crippen LogP) is 2.67. The van der Waals surface area contributed by atoms with Crippen molar-refractivity contribution >= 4 is 45.7 Å². The van der Waals surface area contributed by atoms with E-state index in [0.717, 1.165) is 47.4 Å². The smallest absolute Gasteiger partial charge is 0.280 e. The molecule has 5 rings (SSSR count). The van der Waals surface area contributed by atoms with Crippen LogP contribution < -0.4 is 16.4 Å². The van der Waals surface area contributed by atoms with Crippen molar-refractivity contribution in [1.29, 1.82) is 0 Å². The topological polar surface area (TPSA) is 116 Å². The number of hydrogen-bond donors (Lipinski definition) is 4. The number of carbonyl (C=O) groups is 2. The number of nitrogens with two attached hydrogens (primary N) is 1. The molecule has 0 spiro atoms. The monoisotopic (exact) mass is 486 g/mol. The molecule has 3 atom stereocenters. The molecule has 10 heteroatoms. The summed E-state index contributed by atoms with van der Waals surface area (Å²) >= 11 is 7.52. The molecule has 1 aliphatic carbocycles. The van der Waals surface area contributed by atoms with E-state index in [-0.39, 0.29) is 29.9 Å². The van der Waals surface area contributed by atoms with Gasteiger partial charge in [-0.3, -0.25) is 9.59 Å². The standard InChI is InChI=1S/C23H27ClN6O2S/c1-30-7-6-17-20(11-30)33-23(29-17)22(32)27-16-5-3-14(25)10-18(16)28-21(31)19-9-12-8-13(24)2-4-15(12)26-19/h2,4,8-9,14,16,18,26H,3,5-7,10-11,25H2,1H3,(H,27,32)(H,28,31). The van der Waals surface area contributed by atoms with Gasteiger partial charge in [-0.05, 0) is 50.6 Å². The molecule has 1 aromatic carbocycles. The summed E-state index contributed by atoms with van der Waals surface area (Å²) in [4.78, 5) is 37.1. The molecule has 0 bridgehead atoms. The summed E-state index contributed by atoms with van der Waals surface area (Å²) in [6.45, 7) is 1.78. The van der Waals surface area contributed by atoms with Crippen LogP contribution in [-0.4, -0.2) is 58.4 Å². The van der Waals surface area contributed by atoms with Gasteiger partial charge in [0.05, 0.1) is 11.7 Å². The van der Waals surface area contributed by atoms with E-state index in [1.807, 2.05) is 12.1 Å². The molecule has 33 heavy (non-hydrogen) atoms. The number of likely N-dealkylation sites (N-methyl/N-ethyl adjacent to an activating group) is 1. The quantitative estimate of drug-likeness (QED) is 0.452. The molecule has 2 aromatic heterocycles.